The lowest BCUT2D eigenvalue weighted by Gasteiger charge is -2.06. The van der Waals surface area contributed by atoms with E-state index in [1.165, 1.54) is 16.9 Å². The quantitative estimate of drug-likeness (QED) is 0.604. The molecular weight excluding hydrogens is 210 g/mol. The second-order valence-electron chi connectivity index (χ2n) is 3.32. The van der Waals surface area contributed by atoms with Crippen molar-refractivity contribution >= 4 is 0 Å². The molecule has 0 unspecified atom stereocenters. The largest absolute Gasteiger partial charge is 0.492 e. The molecule has 0 aliphatic rings. The fraction of sp³-hybridized carbons (Fsp3) is 0.600. The topological polar surface area (TPSA) is 90.4 Å². The van der Waals surface area contributed by atoms with Crippen LogP contribution in [0.25, 0.3) is 0 Å². The first kappa shape index (κ1) is 12.7. The summed E-state index contributed by atoms with van der Waals surface area (Å²) in [7, 11) is 0. The molecule has 3 N–H and O–H groups in total. The van der Waals surface area contributed by atoms with Crippen LogP contribution in [-0.2, 0) is 6.54 Å². The number of aliphatic hydroxyl groups excluding tert-OH is 1. The van der Waals surface area contributed by atoms with Crippen LogP contribution in [0.2, 0.25) is 0 Å². The summed E-state index contributed by atoms with van der Waals surface area (Å²) in [4.78, 5) is 11.5. The third-order valence-corrected chi connectivity index (χ3v) is 1.99. The molecule has 0 atom stereocenters. The standard InChI is InChI=1S/C10H17N3O3/c11-3-1-6-16-9-7-10(15)13(12-8-9)4-2-5-14/h7-8,14H,1-6,11H2. The van der Waals surface area contributed by atoms with E-state index in [0.717, 1.165) is 6.42 Å². The fourth-order valence-corrected chi connectivity index (χ4v) is 1.16. The molecule has 0 aliphatic carbocycles. The molecule has 16 heavy (non-hydrogen) atoms. The Morgan fingerprint density at radius 1 is 1.50 bits per heavy atom. The van der Waals surface area contributed by atoms with Crippen molar-refractivity contribution in [3.63, 3.8) is 0 Å². The number of hydrogen-bond donors (Lipinski definition) is 2. The lowest BCUT2D eigenvalue weighted by molar-refractivity contribution is 0.274. The van der Waals surface area contributed by atoms with Crippen LogP contribution in [0.1, 0.15) is 12.8 Å². The number of hydrogen-bond acceptors (Lipinski definition) is 5. The van der Waals surface area contributed by atoms with Gasteiger partial charge in [-0.15, -0.1) is 0 Å². The average Bonchev–Trinajstić information content (AvgIpc) is 2.28. The molecule has 0 radical (unpaired) electrons. The van der Waals surface area contributed by atoms with Crippen LogP contribution in [0, 0.1) is 0 Å². The Morgan fingerprint density at radius 3 is 2.94 bits per heavy atom. The van der Waals surface area contributed by atoms with E-state index in [0.29, 0.717) is 31.9 Å². The van der Waals surface area contributed by atoms with E-state index in [-0.39, 0.29) is 12.2 Å². The van der Waals surface area contributed by atoms with E-state index in [4.69, 9.17) is 15.6 Å². The Kier molecular flexibility index (Phi) is 5.52. The Balaban J connectivity index is 2.56. The maximum Gasteiger partial charge on any atom is 0.270 e. The van der Waals surface area contributed by atoms with Gasteiger partial charge in [0.25, 0.3) is 5.56 Å². The van der Waals surface area contributed by atoms with Crippen molar-refractivity contribution in [2.45, 2.75) is 19.4 Å². The third kappa shape index (κ3) is 4.00. The first-order valence-corrected chi connectivity index (χ1v) is 5.29. The van der Waals surface area contributed by atoms with Crippen LogP contribution < -0.4 is 16.0 Å². The average molecular weight is 227 g/mol. The van der Waals surface area contributed by atoms with Crippen molar-refractivity contribution in [1.82, 2.24) is 9.78 Å². The molecule has 0 aliphatic heterocycles. The Bertz CT molecular complexity index is 365. The zero-order valence-corrected chi connectivity index (χ0v) is 9.13. The number of nitrogens with two attached hydrogens (primary N) is 1. The predicted octanol–water partition coefficient (Wildman–Crippen LogP) is -0.647. The highest BCUT2D eigenvalue weighted by molar-refractivity contribution is 5.13. The lowest BCUT2D eigenvalue weighted by Crippen LogP contribution is -2.22. The first-order valence-electron chi connectivity index (χ1n) is 5.29. The Hall–Kier alpha value is -1.40. The zero-order chi connectivity index (χ0) is 11.8. The minimum absolute atomic E-state index is 0.0445. The highest BCUT2D eigenvalue weighted by atomic mass is 16.5. The molecule has 1 aromatic rings. The van der Waals surface area contributed by atoms with Gasteiger partial charge in [-0.05, 0) is 19.4 Å². The van der Waals surface area contributed by atoms with Gasteiger partial charge in [0.05, 0.1) is 12.8 Å². The molecule has 1 heterocycles. The van der Waals surface area contributed by atoms with Crippen molar-refractivity contribution in [2.24, 2.45) is 5.73 Å². The van der Waals surface area contributed by atoms with Gasteiger partial charge in [-0.1, -0.05) is 0 Å². The van der Waals surface area contributed by atoms with Crippen molar-refractivity contribution in [3.05, 3.63) is 22.6 Å². The molecule has 0 saturated carbocycles. The van der Waals surface area contributed by atoms with Gasteiger partial charge in [-0.3, -0.25) is 4.79 Å². The van der Waals surface area contributed by atoms with Gasteiger partial charge in [-0.2, -0.15) is 5.10 Å². The number of aryl methyl sites for hydroxylation is 1. The maximum atomic E-state index is 11.5. The molecule has 0 bridgehead atoms. The highest BCUT2D eigenvalue weighted by Gasteiger charge is 2.00. The maximum absolute atomic E-state index is 11.5. The molecule has 1 aromatic heterocycles. The normalized spacial score (nSPS) is 10.4. The predicted molar refractivity (Wildman–Crippen MR) is 59.4 cm³/mol. The summed E-state index contributed by atoms with van der Waals surface area (Å²) in [5, 5.41) is 12.6. The zero-order valence-electron chi connectivity index (χ0n) is 9.13. The third-order valence-electron chi connectivity index (χ3n) is 1.99. The molecule has 6 nitrogen and oxygen atoms in total. The highest BCUT2D eigenvalue weighted by Crippen LogP contribution is 2.03. The van der Waals surface area contributed by atoms with Gasteiger partial charge < -0.3 is 15.6 Å². The van der Waals surface area contributed by atoms with E-state index < -0.39 is 0 Å². The van der Waals surface area contributed by atoms with Crippen molar-refractivity contribution in [2.75, 3.05) is 19.8 Å². The molecule has 0 fully saturated rings. The van der Waals surface area contributed by atoms with Crippen molar-refractivity contribution in [3.8, 4) is 5.75 Å². The summed E-state index contributed by atoms with van der Waals surface area (Å²) < 4.78 is 6.58. The summed E-state index contributed by atoms with van der Waals surface area (Å²) in [5.74, 6) is 0.457. The molecule has 0 aromatic carbocycles. The first-order chi connectivity index (χ1) is 7.77. The van der Waals surface area contributed by atoms with Gasteiger partial charge in [0.2, 0.25) is 0 Å². The molecular formula is C10H17N3O3. The van der Waals surface area contributed by atoms with Crippen LogP contribution in [0.15, 0.2) is 17.1 Å². The monoisotopic (exact) mass is 227 g/mol. The number of ether oxygens (including phenoxy) is 1. The number of rotatable bonds is 7. The van der Waals surface area contributed by atoms with Crippen LogP contribution in [-0.4, -0.2) is 34.6 Å². The summed E-state index contributed by atoms with van der Waals surface area (Å²) in [6.07, 6.45) is 2.75. The number of aliphatic hydroxyl groups is 1. The number of aromatic nitrogens is 2. The second-order valence-corrected chi connectivity index (χ2v) is 3.32. The smallest absolute Gasteiger partial charge is 0.270 e. The van der Waals surface area contributed by atoms with E-state index in [1.54, 1.807) is 0 Å². The van der Waals surface area contributed by atoms with Crippen molar-refractivity contribution < 1.29 is 9.84 Å². The second kappa shape index (κ2) is 6.97. The van der Waals surface area contributed by atoms with Crippen LogP contribution >= 0.6 is 0 Å². The Morgan fingerprint density at radius 2 is 2.31 bits per heavy atom. The lowest BCUT2D eigenvalue weighted by atomic mass is 10.4. The Labute approximate surface area is 93.6 Å². The van der Waals surface area contributed by atoms with Crippen LogP contribution in [0.3, 0.4) is 0 Å². The molecule has 6 heteroatoms. The summed E-state index contributed by atoms with van der Waals surface area (Å²) in [5.41, 5.74) is 5.09. The molecule has 1 rings (SSSR count). The van der Waals surface area contributed by atoms with E-state index in [9.17, 15) is 4.79 Å². The SMILES string of the molecule is NCCCOc1cnn(CCCO)c(=O)c1. The van der Waals surface area contributed by atoms with E-state index >= 15 is 0 Å². The van der Waals surface area contributed by atoms with Crippen molar-refractivity contribution in [1.29, 1.82) is 0 Å². The molecule has 0 saturated heterocycles. The molecule has 0 spiro atoms. The minimum atomic E-state index is -0.223. The van der Waals surface area contributed by atoms with E-state index in [2.05, 4.69) is 5.10 Å². The van der Waals surface area contributed by atoms with Gasteiger partial charge in [0.15, 0.2) is 0 Å². The van der Waals surface area contributed by atoms with Crippen LogP contribution in [0.4, 0.5) is 0 Å². The summed E-state index contributed by atoms with van der Waals surface area (Å²) >= 11 is 0. The molecule has 90 valence electrons. The van der Waals surface area contributed by atoms with Gasteiger partial charge >= 0.3 is 0 Å². The van der Waals surface area contributed by atoms with Crippen LogP contribution in [0.5, 0.6) is 5.75 Å². The molecule has 0 amide bonds. The van der Waals surface area contributed by atoms with E-state index in [1.807, 2.05) is 0 Å². The van der Waals surface area contributed by atoms with Gasteiger partial charge in [-0.25, -0.2) is 4.68 Å². The minimum Gasteiger partial charge on any atom is -0.492 e. The summed E-state index contributed by atoms with van der Waals surface area (Å²) in [6.45, 7) is 1.50. The van der Waals surface area contributed by atoms with Gasteiger partial charge in [0.1, 0.15) is 5.75 Å². The van der Waals surface area contributed by atoms with Gasteiger partial charge in [0, 0.05) is 19.2 Å². The fourth-order valence-electron chi connectivity index (χ4n) is 1.16. The number of nitrogens with zero attached hydrogens (tertiary/aromatic N) is 2. The summed E-state index contributed by atoms with van der Waals surface area (Å²) in [6, 6.07) is 1.39.